The van der Waals surface area contributed by atoms with Crippen LogP contribution in [0.2, 0.25) is 10.0 Å². The summed E-state index contributed by atoms with van der Waals surface area (Å²) in [4.78, 5) is 30.0. The number of likely N-dealkylation sites (tertiary alicyclic amines) is 1. The quantitative estimate of drug-likeness (QED) is 0.202. The smallest absolute Gasteiger partial charge is 0.321 e. The van der Waals surface area contributed by atoms with Crippen LogP contribution in [0.25, 0.3) is 22.7 Å². The molecule has 1 aliphatic heterocycles. The number of anilines is 1. The number of aromatic nitrogens is 2. The number of hydrogen-bond acceptors (Lipinski definition) is 7. The van der Waals surface area contributed by atoms with Crippen LogP contribution < -0.4 is 5.32 Å². The highest BCUT2D eigenvalue weighted by molar-refractivity contribution is 7.10. The zero-order chi connectivity index (χ0) is 26.1. The number of nitrogens with one attached hydrogen (secondary N) is 1. The average Bonchev–Trinajstić information content (AvgIpc) is 3.57. The van der Waals surface area contributed by atoms with Gasteiger partial charge in [-0.1, -0.05) is 40.5 Å². The Hall–Kier alpha value is -3.47. The number of amides is 2. The molecule has 0 bridgehead atoms. The molecule has 37 heavy (non-hydrogen) atoms. The van der Waals surface area contributed by atoms with E-state index < -0.39 is 4.92 Å². The molecule has 1 saturated heterocycles. The van der Waals surface area contributed by atoms with E-state index in [9.17, 15) is 14.9 Å². The van der Waals surface area contributed by atoms with Gasteiger partial charge in [0.2, 0.25) is 0 Å². The summed E-state index contributed by atoms with van der Waals surface area (Å²) in [6, 6.07) is 11.5. The van der Waals surface area contributed by atoms with Crippen molar-refractivity contribution in [2.24, 2.45) is 0 Å². The van der Waals surface area contributed by atoms with Crippen LogP contribution in [0.15, 0.2) is 52.4 Å². The summed E-state index contributed by atoms with van der Waals surface area (Å²) in [7, 11) is 0. The molecule has 0 atom stereocenters. The molecular formula is C25H21Cl2N5O4S. The van der Waals surface area contributed by atoms with Crippen molar-refractivity contribution in [3.05, 3.63) is 78.6 Å². The molecule has 1 N–H and O–H groups in total. The molecule has 5 rings (SSSR count). The topological polar surface area (TPSA) is 114 Å². The highest BCUT2D eigenvalue weighted by Gasteiger charge is 2.27. The highest BCUT2D eigenvalue weighted by Crippen LogP contribution is 2.35. The molecular weight excluding hydrogens is 537 g/mol. The number of rotatable bonds is 5. The van der Waals surface area contributed by atoms with E-state index in [0.717, 1.165) is 23.4 Å². The summed E-state index contributed by atoms with van der Waals surface area (Å²) in [5, 5.41) is 22.0. The molecule has 0 aliphatic carbocycles. The number of piperidine rings is 1. The Morgan fingerprint density at radius 2 is 1.95 bits per heavy atom. The van der Waals surface area contributed by atoms with Crippen LogP contribution in [0.3, 0.4) is 0 Å². The molecule has 12 heteroatoms. The lowest BCUT2D eigenvalue weighted by atomic mass is 9.98. The van der Waals surface area contributed by atoms with Gasteiger partial charge in [0.1, 0.15) is 11.4 Å². The number of halogens is 2. The minimum atomic E-state index is -0.453. The Morgan fingerprint density at radius 3 is 2.68 bits per heavy atom. The van der Waals surface area contributed by atoms with Gasteiger partial charge >= 0.3 is 6.03 Å². The summed E-state index contributed by atoms with van der Waals surface area (Å²) >= 11 is 13.7. The first-order chi connectivity index (χ1) is 17.8. The van der Waals surface area contributed by atoms with Crippen molar-refractivity contribution in [3.8, 4) is 22.7 Å². The second kappa shape index (κ2) is 10.5. The third kappa shape index (κ3) is 5.31. The van der Waals surface area contributed by atoms with Crippen molar-refractivity contribution < 1.29 is 14.2 Å². The first-order valence-corrected chi connectivity index (χ1v) is 13.1. The van der Waals surface area contributed by atoms with Crippen molar-refractivity contribution in [1.29, 1.82) is 0 Å². The molecule has 2 aromatic heterocycles. The maximum Gasteiger partial charge on any atom is 0.321 e. The van der Waals surface area contributed by atoms with Crippen molar-refractivity contribution in [2.45, 2.75) is 25.7 Å². The van der Waals surface area contributed by atoms with E-state index in [2.05, 4.69) is 10.5 Å². The largest absolute Gasteiger partial charge is 0.354 e. The normalized spacial score (nSPS) is 14.1. The summed E-state index contributed by atoms with van der Waals surface area (Å²) in [6.07, 6.45) is 1.53. The number of hydrogen-bond donors (Lipinski definition) is 1. The fraction of sp³-hybridized carbons (Fsp3) is 0.240. The van der Waals surface area contributed by atoms with Gasteiger partial charge in [-0.25, -0.2) is 9.78 Å². The van der Waals surface area contributed by atoms with Crippen molar-refractivity contribution >= 4 is 51.9 Å². The highest BCUT2D eigenvalue weighted by atomic mass is 35.5. The van der Waals surface area contributed by atoms with Crippen molar-refractivity contribution in [3.63, 3.8) is 0 Å². The Morgan fingerprint density at radius 1 is 1.16 bits per heavy atom. The van der Waals surface area contributed by atoms with Gasteiger partial charge < -0.3 is 14.7 Å². The number of urea groups is 1. The molecule has 4 aromatic rings. The van der Waals surface area contributed by atoms with E-state index >= 15 is 0 Å². The summed E-state index contributed by atoms with van der Waals surface area (Å²) in [5.74, 6) is 0.785. The fourth-order valence-electron chi connectivity index (χ4n) is 4.26. The Labute approximate surface area is 226 Å². The van der Waals surface area contributed by atoms with Crippen LogP contribution in [0, 0.1) is 17.0 Å². The first kappa shape index (κ1) is 25.2. The molecule has 1 fully saturated rings. The number of nitro benzene ring substituents is 1. The van der Waals surface area contributed by atoms with Crippen molar-refractivity contribution in [1.82, 2.24) is 15.0 Å². The zero-order valence-corrected chi connectivity index (χ0v) is 21.9. The van der Waals surface area contributed by atoms with Gasteiger partial charge in [-0.3, -0.25) is 10.1 Å². The van der Waals surface area contributed by atoms with E-state index in [0.29, 0.717) is 51.5 Å². The van der Waals surface area contributed by atoms with Crippen LogP contribution in [0.4, 0.5) is 16.2 Å². The predicted molar refractivity (Wildman–Crippen MR) is 143 cm³/mol. The summed E-state index contributed by atoms with van der Waals surface area (Å²) < 4.78 is 5.53. The number of nitrogens with zero attached hydrogens (tertiary/aromatic N) is 4. The number of carbonyl (C=O) groups excluding carboxylic acids is 1. The van der Waals surface area contributed by atoms with E-state index in [1.165, 1.54) is 6.07 Å². The molecule has 9 nitrogen and oxygen atoms in total. The number of thiazole rings is 1. The van der Waals surface area contributed by atoms with Gasteiger partial charge in [0.25, 0.3) is 5.69 Å². The van der Waals surface area contributed by atoms with Gasteiger partial charge in [0.05, 0.1) is 31.2 Å². The SMILES string of the molecule is Cc1c(NC(=O)N2CCC(c3nc(-c4cc(-c5ccc(Cl)c(Cl)c5)no4)cs3)CC2)cccc1[N+](=O)[O-]. The van der Waals surface area contributed by atoms with Gasteiger partial charge in [-0.15, -0.1) is 11.3 Å². The Bertz CT molecular complexity index is 1480. The number of nitro groups is 1. The van der Waals surface area contributed by atoms with Gasteiger partial charge in [0, 0.05) is 42.1 Å². The molecule has 0 unspecified atom stereocenters. The second-order valence-electron chi connectivity index (χ2n) is 8.67. The lowest BCUT2D eigenvalue weighted by molar-refractivity contribution is -0.385. The molecule has 0 radical (unpaired) electrons. The van der Waals surface area contributed by atoms with E-state index in [1.807, 2.05) is 17.5 Å². The fourth-order valence-corrected chi connectivity index (χ4v) is 5.53. The molecule has 2 aromatic carbocycles. The lowest BCUT2D eigenvalue weighted by Gasteiger charge is -2.31. The molecule has 0 saturated carbocycles. The van der Waals surface area contributed by atoms with E-state index in [4.69, 9.17) is 32.7 Å². The number of carbonyl (C=O) groups is 1. The van der Waals surface area contributed by atoms with Crippen LogP contribution in [-0.4, -0.2) is 39.1 Å². The third-order valence-corrected chi connectivity index (χ3v) is 8.12. The lowest BCUT2D eigenvalue weighted by Crippen LogP contribution is -2.40. The summed E-state index contributed by atoms with van der Waals surface area (Å²) in [6.45, 7) is 2.74. The third-order valence-electron chi connectivity index (χ3n) is 6.37. The van der Waals surface area contributed by atoms with Gasteiger partial charge in [0.15, 0.2) is 5.76 Å². The van der Waals surface area contributed by atoms with Gasteiger partial charge in [-0.05, 0) is 38.0 Å². The standard InChI is InChI=1S/C25H21Cl2N5O4S/c1-14-19(3-2-4-22(14)32(34)35)29-25(33)31-9-7-15(8-10-31)24-28-21(13-37-24)23-12-20(30-36-23)16-5-6-17(26)18(27)11-16/h2-6,11-13,15H,7-10H2,1H3,(H,29,33). The van der Waals surface area contributed by atoms with Crippen LogP contribution in [0.1, 0.15) is 29.3 Å². The molecule has 2 amide bonds. The second-order valence-corrected chi connectivity index (χ2v) is 10.4. The van der Waals surface area contributed by atoms with E-state index in [1.54, 1.807) is 47.4 Å². The average molecular weight is 558 g/mol. The molecule has 3 heterocycles. The minimum Gasteiger partial charge on any atom is -0.354 e. The zero-order valence-electron chi connectivity index (χ0n) is 19.6. The van der Waals surface area contributed by atoms with Crippen molar-refractivity contribution in [2.75, 3.05) is 18.4 Å². The molecule has 1 aliphatic rings. The molecule has 190 valence electrons. The minimum absolute atomic E-state index is 0.0214. The summed E-state index contributed by atoms with van der Waals surface area (Å²) in [5.41, 5.74) is 3.00. The number of benzene rings is 2. The van der Waals surface area contributed by atoms with E-state index in [-0.39, 0.29) is 17.6 Å². The Kier molecular flexibility index (Phi) is 7.14. The van der Waals surface area contributed by atoms with Crippen LogP contribution in [-0.2, 0) is 0 Å². The maximum absolute atomic E-state index is 12.8. The maximum atomic E-state index is 12.8. The van der Waals surface area contributed by atoms with Crippen LogP contribution >= 0.6 is 34.5 Å². The predicted octanol–water partition coefficient (Wildman–Crippen LogP) is 7.40. The van der Waals surface area contributed by atoms with Crippen LogP contribution in [0.5, 0.6) is 0 Å². The first-order valence-electron chi connectivity index (χ1n) is 11.5. The molecule has 0 spiro atoms. The monoisotopic (exact) mass is 557 g/mol. The van der Waals surface area contributed by atoms with Gasteiger partial charge in [-0.2, -0.15) is 0 Å². The Balaban J connectivity index is 1.21.